The van der Waals surface area contributed by atoms with Crippen LogP contribution in [0.1, 0.15) is 45.2 Å². The lowest BCUT2D eigenvalue weighted by Crippen LogP contribution is -2.57. The molecule has 0 radical (unpaired) electrons. The fourth-order valence-electron chi connectivity index (χ4n) is 2.66. The lowest BCUT2D eigenvalue weighted by Gasteiger charge is -2.42. The van der Waals surface area contributed by atoms with Crippen molar-refractivity contribution in [2.75, 3.05) is 11.4 Å². The molecule has 1 aliphatic heterocycles. The summed E-state index contributed by atoms with van der Waals surface area (Å²) in [5.74, 6) is 0.125. The van der Waals surface area contributed by atoms with E-state index in [1.54, 1.807) is 0 Å². The van der Waals surface area contributed by atoms with Crippen molar-refractivity contribution in [1.82, 2.24) is 0 Å². The van der Waals surface area contributed by atoms with Crippen LogP contribution >= 0.6 is 0 Å². The largest absolute Gasteiger partial charge is 0.325 e. The van der Waals surface area contributed by atoms with Gasteiger partial charge < -0.3 is 10.6 Å². The zero-order valence-corrected chi connectivity index (χ0v) is 13.3. The molecule has 0 bridgehead atoms. The number of nitrogens with zero attached hydrogens (tertiary/aromatic N) is 1. The Hall–Kier alpha value is -1.35. The van der Waals surface area contributed by atoms with Crippen LogP contribution in [0.3, 0.4) is 0 Å². The van der Waals surface area contributed by atoms with Gasteiger partial charge in [-0.1, -0.05) is 18.2 Å². The maximum Gasteiger partial charge on any atom is 0.234 e. The number of anilines is 1. The van der Waals surface area contributed by atoms with Crippen LogP contribution in [0.2, 0.25) is 0 Å². The Balaban J connectivity index is 2.45. The molecule has 1 aromatic rings. The van der Waals surface area contributed by atoms with E-state index in [0.29, 0.717) is 0 Å². The summed E-state index contributed by atoms with van der Waals surface area (Å²) in [5, 5.41) is 0. The molecule has 0 fully saturated rings. The van der Waals surface area contributed by atoms with Gasteiger partial charge in [0.05, 0.1) is 5.41 Å². The van der Waals surface area contributed by atoms with Crippen molar-refractivity contribution in [3.63, 3.8) is 0 Å². The Morgan fingerprint density at radius 1 is 1.25 bits per heavy atom. The number of benzene rings is 1. The van der Waals surface area contributed by atoms with E-state index in [1.165, 1.54) is 11.1 Å². The second-order valence-corrected chi connectivity index (χ2v) is 6.99. The lowest BCUT2D eigenvalue weighted by atomic mass is 9.73. The second kappa shape index (κ2) is 4.88. The summed E-state index contributed by atoms with van der Waals surface area (Å²) >= 11 is 0. The predicted molar refractivity (Wildman–Crippen MR) is 83.9 cm³/mol. The third-order valence-electron chi connectivity index (χ3n) is 4.81. The summed E-state index contributed by atoms with van der Waals surface area (Å²) in [6.07, 6.45) is 2.07. The van der Waals surface area contributed by atoms with Gasteiger partial charge in [0.2, 0.25) is 5.91 Å². The predicted octanol–water partition coefficient (Wildman–Crippen LogP) is 3.04. The molecule has 0 aliphatic carbocycles. The number of hydrogen-bond donors (Lipinski definition) is 1. The summed E-state index contributed by atoms with van der Waals surface area (Å²) in [4.78, 5) is 15.0. The molecule has 0 saturated heterocycles. The minimum absolute atomic E-state index is 0.125. The van der Waals surface area contributed by atoms with Crippen molar-refractivity contribution in [2.45, 2.75) is 53.0 Å². The third-order valence-corrected chi connectivity index (χ3v) is 4.81. The van der Waals surface area contributed by atoms with E-state index < -0.39 is 11.0 Å². The summed E-state index contributed by atoms with van der Waals surface area (Å²) in [7, 11) is 0. The molecule has 2 N–H and O–H groups in total. The smallest absolute Gasteiger partial charge is 0.234 e. The highest BCUT2D eigenvalue weighted by Crippen LogP contribution is 2.37. The molecule has 20 heavy (non-hydrogen) atoms. The summed E-state index contributed by atoms with van der Waals surface area (Å²) < 4.78 is 0. The summed E-state index contributed by atoms with van der Waals surface area (Å²) in [6.45, 7) is 10.6. The fraction of sp³-hybridized carbons (Fsp3) is 0.588. The van der Waals surface area contributed by atoms with E-state index in [2.05, 4.69) is 25.1 Å². The van der Waals surface area contributed by atoms with Crippen LogP contribution in [0, 0.1) is 12.3 Å². The van der Waals surface area contributed by atoms with E-state index in [-0.39, 0.29) is 5.91 Å². The van der Waals surface area contributed by atoms with Crippen molar-refractivity contribution < 1.29 is 4.79 Å². The number of aryl methyl sites for hydroxylation is 2. The molecule has 2 rings (SSSR count). The van der Waals surface area contributed by atoms with Gasteiger partial charge in [-0.2, -0.15) is 0 Å². The number of hydrogen-bond acceptors (Lipinski definition) is 2. The summed E-state index contributed by atoms with van der Waals surface area (Å²) in [6, 6.07) is 6.27. The highest BCUT2D eigenvalue weighted by Gasteiger charge is 2.44. The van der Waals surface area contributed by atoms with E-state index in [9.17, 15) is 4.79 Å². The van der Waals surface area contributed by atoms with Gasteiger partial charge in [-0.05, 0) is 58.6 Å². The first-order valence-corrected chi connectivity index (χ1v) is 7.35. The topological polar surface area (TPSA) is 46.3 Å². The lowest BCUT2D eigenvalue weighted by molar-refractivity contribution is -0.129. The van der Waals surface area contributed by atoms with Gasteiger partial charge in [0, 0.05) is 17.8 Å². The molecule has 1 aromatic carbocycles. The van der Waals surface area contributed by atoms with E-state index in [4.69, 9.17) is 5.73 Å². The molecule has 1 amide bonds. The second-order valence-electron chi connectivity index (χ2n) is 6.99. The Kier molecular flexibility index (Phi) is 3.67. The van der Waals surface area contributed by atoms with Crippen LogP contribution in [0.25, 0.3) is 0 Å². The monoisotopic (exact) mass is 274 g/mol. The summed E-state index contributed by atoms with van der Waals surface area (Å²) in [5.41, 5.74) is 8.63. The first-order valence-electron chi connectivity index (χ1n) is 7.35. The maximum atomic E-state index is 13.0. The zero-order valence-electron chi connectivity index (χ0n) is 13.3. The standard InChI is InChI=1S/C17H26N2O/c1-12-8-6-9-13-10-7-11-19(14(12)13)15(20)16(2,3)17(4,5)18/h6,8-9H,7,10-11,18H2,1-5H3. The Morgan fingerprint density at radius 3 is 2.50 bits per heavy atom. The van der Waals surface area contributed by atoms with Gasteiger partial charge in [0.25, 0.3) is 0 Å². The molecule has 3 heteroatoms. The highest BCUT2D eigenvalue weighted by atomic mass is 16.2. The number of carbonyl (C=O) groups is 1. The maximum absolute atomic E-state index is 13.0. The normalized spacial score (nSPS) is 16.0. The van der Waals surface area contributed by atoms with Gasteiger partial charge in [0.1, 0.15) is 0 Å². The molecule has 3 nitrogen and oxygen atoms in total. The van der Waals surface area contributed by atoms with Crippen molar-refractivity contribution in [3.8, 4) is 0 Å². The van der Waals surface area contributed by atoms with Gasteiger partial charge in [-0.3, -0.25) is 4.79 Å². The van der Waals surface area contributed by atoms with Crippen LogP contribution in [0.4, 0.5) is 5.69 Å². The Morgan fingerprint density at radius 2 is 1.90 bits per heavy atom. The zero-order chi connectivity index (χ0) is 15.1. The molecule has 0 unspecified atom stereocenters. The quantitative estimate of drug-likeness (QED) is 0.901. The number of para-hydroxylation sites is 1. The molecule has 0 spiro atoms. The number of amides is 1. The molecule has 0 saturated carbocycles. The van der Waals surface area contributed by atoms with Crippen molar-refractivity contribution in [2.24, 2.45) is 11.1 Å². The van der Waals surface area contributed by atoms with Crippen LogP contribution < -0.4 is 10.6 Å². The van der Waals surface area contributed by atoms with Gasteiger partial charge >= 0.3 is 0 Å². The van der Waals surface area contributed by atoms with Crippen LogP contribution in [0.15, 0.2) is 18.2 Å². The number of fused-ring (bicyclic) bond motifs is 1. The average Bonchev–Trinajstić information content (AvgIpc) is 2.36. The molecule has 0 aromatic heterocycles. The fourth-order valence-corrected chi connectivity index (χ4v) is 2.66. The highest BCUT2D eigenvalue weighted by molar-refractivity contribution is 5.99. The SMILES string of the molecule is Cc1cccc2c1N(C(=O)C(C)(C)C(C)(C)N)CCC2. The third kappa shape index (κ3) is 2.35. The minimum Gasteiger partial charge on any atom is -0.325 e. The van der Waals surface area contributed by atoms with E-state index >= 15 is 0 Å². The average molecular weight is 274 g/mol. The van der Waals surface area contributed by atoms with E-state index in [0.717, 1.165) is 25.1 Å². The van der Waals surface area contributed by atoms with Gasteiger partial charge in [-0.25, -0.2) is 0 Å². The first kappa shape index (κ1) is 15.0. The van der Waals surface area contributed by atoms with E-state index in [1.807, 2.05) is 32.6 Å². The molecule has 1 heterocycles. The molecule has 1 aliphatic rings. The Bertz CT molecular complexity index is 526. The molecule has 0 atom stereocenters. The number of nitrogens with two attached hydrogens (primary N) is 1. The molecule has 110 valence electrons. The van der Waals surface area contributed by atoms with Crippen LogP contribution in [0.5, 0.6) is 0 Å². The number of carbonyl (C=O) groups excluding carboxylic acids is 1. The van der Waals surface area contributed by atoms with Crippen molar-refractivity contribution in [1.29, 1.82) is 0 Å². The first-order chi connectivity index (χ1) is 9.16. The number of rotatable bonds is 2. The van der Waals surface area contributed by atoms with Crippen LogP contribution in [-0.2, 0) is 11.2 Å². The Labute approximate surface area is 122 Å². The molecular formula is C17H26N2O. The minimum atomic E-state index is -0.593. The van der Waals surface area contributed by atoms with Crippen molar-refractivity contribution >= 4 is 11.6 Å². The van der Waals surface area contributed by atoms with Crippen molar-refractivity contribution in [3.05, 3.63) is 29.3 Å². The van der Waals surface area contributed by atoms with Gasteiger partial charge in [0.15, 0.2) is 0 Å². The molecular weight excluding hydrogens is 248 g/mol. The van der Waals surface area contributed by atoms with Crippen LogP contribution in [-0.4, -0.2) is 18.0 Å². The van der Waals surface area contributed by atoms with Gasteiger partial charge in [-0.15, -0.1) is 0 Å².